The Hall–Kier alpha value is -3.29. The number of fused-ring (bicyclic) bond motifs is 1. The fraction of sp³-hybridized carbons (Fsp3) is 0.158. The molecular weight excluding hydrogens is 359 g/mol. The quantitative estimate of drug-likeness (QED) is 0.674. The highest BCUT2D eigenvalue weighted by Gasteiger charge is 2.13. The minimum atomic E-state index is -2.97. The Bertz CT molecular complexity index is 933. The molecule has 1 aromatic heterocycles. The van der Waals surface area contributed by atoms with Crippen molar-refractivity contribution in [2.24, 2.45) is 0 Å². The summed E-state index contributed by atoms with van der Waals surface area (Å²) in [6.45, 7) is -2.62. The number of benzene rings is 2. The molecule has 0 aliphatic heterocycles. The van der Waals surface area contributed by atoms with E-state index >= 15 is 0 Å². The van der Waals surface area contributed by atoms with Crippen LogP contribution in [-0.4, -0.2) is 24.2 Å². The fourth-order valence-electron chi connectivity index (χ4n) is 2.58. The number of pyridine rings is 1. The maximum absolute atomic E-state index is 12.9. The fourth-order valence-corrected chi connectivity index (χ4v) is 2.58. The van der Waals surface area contributed by atoms with Gasteiger partial charge in [-0.2, -0.15) is 8.78 Å². The summed E-state index contributed by atoms with van der Waals surface area (Å²) in [5, 5.41) is 5.83. The van der Waals surface area contributed by atoms with Crippen LogP contribution in [0.2, 0.25) is 0 Å². The molecule has 0 unspecified atom stereocenters. The number of urea groups is 1. The molecule has 0 atom stereocenters. The highest BCUT2D eigenvalue weighted by molar-refractivity contribution is 6.02. The number of nitrogens with zero attached hydrogens (tertiary/aromatic N) is 1. The predicted molar refractivity (Wildman–Crippen MR) is 95.5 cm³/mol. The van der Waals surface area contributed by atoms with Crippen LogP contribution in [0.4, 0.5) is 23.7 Å². The summed E-state index contributed by atoms with van der Waals surface area (Å²) >= 11 is 0. The Morgan fingerprint density at radius 1 is 1.11 bits per heavy atom. The molecule has 0 saturated carbocycles. The van der Waals surface area contributed by atoms with Crippen LogP contribution in [0.3, 0.4) is 0 Å². The van der Waals surface area contributed by atoms with E-state index in [4.69, 9.17) is 0 Å². The number of aromatic nitrogens is 1. The van der Waals surface area contributed by atoms with Crippen LogP contribution in [0.5, 0.6) is 5.75 Å². The number of halogens is 3. The number of amides is 2. The number of carbonyl (C=O) groups is 1. The lowest BCUT2D eigenvalue weighted by Gasteiger charge is -2.12. The van der Waals surface area contributed by atoms with Gasteiger partial charge in [-0.3, -0.25) is 4.98 Å². The van der Waals surface area contributed by atoms with Gasteiger partial charge in [0, 0.05) is 18.1 Å². The van der Waals surface area contributed by atoms with E-state index in [2.05, 4.69) is 20.4 Å². The Morgan fingerprint density at radius 3 is 2.63 bits per heavy atom. The van der Waals surface area contributed by atoms with E-state index in [1.165, 1.54) is 30.5 Å². The number of nitrogens with one attached hydrogen (secondary N) is 2. The molecule has 2 amide bonds. The van der Waals surface area contributed by atoms with E-state index in [0.717, 1.165) is 5.56 Å². The van der Waals surface area contributed by atoms with Gasteiger partial charge in [-0.05, 0) is 48.4 Å². The van der Waals surface area contributed by atoms with E-state index in [-0.39, 0.29) is 17.1 Å². The van der Waals surface area contributed by atoms with E-state index in [0.29, 0.717) is 24.0 Å². The van der Waals surface area contributed by atoms with E-state index < -0.39 is 12.6 Å². The normalized spacial score (nSPS) is 10.8. The first-order valence-corrected chi connectivity index (χ1v) is 8.15. The van der Waals surface area contributed by atoms with Crippen molar-refractivity contribution in [1.82, 2.24) is 10.3 Å². The summed E-state index contributed by atoms with van der Waals surface area (Å²) in [5.41, 5.74) is 1.53. The molecule has 0 saturated heterocycles. The molecule has 3 aromatic rings. The Morgan fingerprint density at radius 2 is 1.89 bits per heavy atom. The molecule has 5 nitrogen and oxygen atoms in total. The highest BCUT2D eigenvalue weighted by atomic mass is 19.3. The monoisotopic (exact) mass is 375 g/mol. The van der Waals surface area contributed by atoms with E-state index in [9.17, 15) is 18.0 Å². The van der Waals surface area contributed by atoms with Crippen molar-refractivity contribution in [3.05, 3.63) is 66.1 Å². The maximum Gasteiger partial charge on any atom is 0.387 e. The molecule has 3 rings (SSSR count). The highest BCUT2D eigenvalue weighted by Crippen LogP contribution is 2.30. The lowest BCUT2D eigenvalue weighted by atomic mass is 10.1. The lowest BCUT2D eigenvalue weighted by Crippen LogP contribution is -2.30. The lowest BCUT2D eigenvalue weighted by molar-refractivity contribution is -0.0489. The second-order valence-electron chi connectivity index (χ2n) is 5.65. The Balaban J connectivity index is 1.65. The third-order valence-corrected chi connectivity index (χ3v) is 3.81. The first-order chi connectivity index (χ1) is 13.0. The summed E-state index contributed by atoms with van der Waals surface area (Å²) in [6.07, 6.45) is 1.99. The summed E-state index contributed by atoms with van der Waals surface area (Å²) in [6, 6.07) is 11.6. The maximum atomic E-state index is 12.9. The minimum Gasteiger partial charge on any atom is -0.432 e. The molecule has 0 aliphatic rings. The zero-order valence-electron chi connectivity index (χ0n) is 14.1. The Labute approximate surface area is 153 Å². The van der Waals surface area contributed by atoms with Gasteiger partial charge in [0.1, 0.15) is 11.3 Å². The molecule has 1 heterocycles. The van der Waals surface area contributed by atoms with Gasteiger partial charge in [-0.25, -0.2) is 9.18 Å². The predicted octanol–water partition coefficient (Wildman–Crippen LogP) is 4.34. The average molecular weight is 375 g/mol. The number of anilines is 1. The second-order valence-corrected chi connectivity index (χ2v) is 5.65. The van der Waals surface area contributed by atoms with Crippen LogP contribution in [-0.2, 0) is 6.42 Å². The van der Waals surface area contributed by atoms with Crippen LogP contribution in [0, 0.1) is 5.82 Å². The molecule has 0 aliphatic carbocycles. The van der Waals surface area contributed by atoms with Gasteiger partial charge in [0.25, 0.3) is 0 Å². The largest absolute Gasteiger partial charge is 0.432 e. The molecule has 140 valence electrons. The minimum absolute atomic E-state index is 0.0668. The van der Waals surface area contributed by atoms with Crippen LogP contribution >= 0.6 is 0 Å². The van der Waals surface area contributed by atoms with Gasteiger partial charge in [-0.1, -0.05) is 12.1 Å². The number of rotatable bonds is 6. The number of carbonyl (C=O) groups excluding carboxylic acids is 1. The van der Waals surface area contributed by atoms with Gasteiger partial charge in [0.2, 0.25) is 0 Å². The third kappa shape index (κ3) is 4.87. The Kier molecular flexibility index (Phi) is 5.75. The third-order valence-electron chi connectivity index (χ3n) is 3.81. The second kappa shape index (κ2) is 8.39. The van der Waals surface area contributed by atoms with Crippen molar-refractivity contribution in [2.45, 2.75) is 13.0 Å². The van der Waals surface area contributed by atoms with E-state index in [1.54, 1.807) is 24.3 Å². The number of alkyl halides is 2. The van der Waals surface area contributed by atoms with Gasteiger partial charge in [0.05, 0.1) is 5.69 Å². The van der Waals surface area contributed by atoms with Crippen molar-refractivity contribution in [3.8, 4) is 5.75 Å². The van der Waals surface area contributed by atoms with Crippen LogP contribution in [0.15, 0.2) is 54.7 Å². The van der Waals surface area contributed by atoms with Crippen molar-refractivity contribution in [3.63, 3.8) is 0 Å². The molecule has 8 heteroatoms. The van der Waals surface area contributed by atoms with Crippen LogP contribution in [0.1, 0.15) is 5.56 Å². The first kappa shape index (κ1) is 18.5. The van der Waals surface area contributed by atoms with Crippen molar-refractivity contribution >= 4 is 22.6 Å². The molecule has 0 fully saturated rings. The zero-order valence-corrected chi connectivity index (χ0v) is 14.1. The average Bonchev–Trinajstić information content (AvgIpc) is 2.65. The summed E-state index contributed by atoms with van der Waals surface area (Å²) in [5.74, 6) is -0.382. The van der Waals surface area contributed by atoms with Gasteiger partial charge in [-0.15, -0.1) is 0 Å². The van der Waals surface area contributed by atoms with Crippen LogP contribution in [0.25, 0.3) is 10.9 Å². The number of ether oxygens (including phenoxy) is 1. The summed E-state index contributed by atoms with van der Waals surface area (Å²) in [4.78, 5) is 16.2. The van der Waals surface area contributed by atoms with Crippen molar-refractivity contribution in [1.29, 1.82) is 0 Å². The molecule has 27 heavy (non-hydrogen) atoms. The van der Waals surface area contributed by atoms with Gasteiger partial charge < -0.3 is 15.4 Å². The number of hydrogen-bond donors (Lipinski definition) is 2. The molecule has 0 spiro atoms. The number of hydrogen-bond acceptors (Lipinski definition) is 3. The molecular formula is C19H16F3N3O2. The first-order valence-electron chi connectivity index (χ1n) is 8.15. The SMILES string of the molecule is O=C(NCCc1ccc(F)cc1)Nc1ccc(OC(F)F)c2ncccc12. The van der Waals surface area contributed by atoms with Gasteiger partial charge >= 0.3 is 12.6 Å². The smallest absolute Gasteiger partial charge is 0.387 e. The molecule has 0 radical (unpaired) electrons. The topological polar surface area (TPSA) is 63.2 Å². The van der Waals surface area contributed by atoms with Crippen LogP contribution < -0.4 is 15.4 Å². The van der Waals surface area contributed by atoms with E-state index in [1.807, 2.05) is 0 Å². The molecule has 2 aromatic carbocycles. The van der Waals surface area contributed by atoms with Crippen molar-refractivity contribution < 1.29 is 22.7 Å². The van der Waals surface area contributed by atoms with Crippen molar-refractivity contribution in [2.75, 3.05) is 11.9 Å². The zero-order chi connectivity index (χ0) is 19.2. The summed E-state index contributed by atoms with van der Waals surface area (Å²) in [7, 11) is 0. The molecule has 0 bridgehead atoms. The standard InChI is InChI=1S/C19H16F3N3O2/c20-13-5-3-12(4-6-13)9-11-24-19(26)25-15-7-8-16(27-18(21)22)17-14(15)2-1-10-23-17/h1-8,10,18H,9,11H2,(H2,24,25,26). The van der Waals surface area contributed by atoms with Gasteiger partial charge in [0.15, 0.2) is 5.75 Å². The summed E-state index contributed by atoms with van der Waals surface area (Å²) < 4.78 is 42.3. The molecule has 2 N–H and O–H groups in total.